The Morgan fingerprint density at radius 2 is 2.05 bits per heavy atom. The Hall–Kier alpha value is -1.15. The van der Waals surface area contributed by atoms with Crippen molar-refractivity contribution in [2.75, 3.05) is 6.54 Å². The number of sulfonamides is 1. The Bertz CT molecular complexity index is 494. The van der Waals surface area contributed by atoms with Crippen molar-refractivity contribution < 1.29 is 22.7 Å². The van der Waals surface area contributed by atoms with Crippen LogP contribution < -0.4 is 5.14 Å². The number of carbonyl (C=O) groups excluding carboxylic acids is 2. The molecule has 1 unspecified atom stereocenters. The fourth-order valence-electron chi connectivity index (χ4n) is 2.10. The van der Waals surface area contributed by atoms with E-state index in [0.717, 1.165) is 0 Å². The molecule has 1 rings (SSSR count). The van der Waals surface area contributed by atoms with Crippen LogP contribution in [0.3, 0.4) is 0 Å². The molecule has 0 aromatic heterocycles. The third-order valence-electron chi connectivity index (χ3n) is 3.03. The highest BCUT2D eigenvalue weighted by Gasteiger charge is 2.42. The minimum absolute atomic E-state index is 0.0601. The van der Waals surface area contributed by atoms with Crippen molar-refractivity contribution >= 4 is 21.9 Å². The average Bonchev–Trinajstić information content (AvgIpc) is 2.59. The smallest absolute Gasteiger partial charge is 0.329 e. The van der Waals surface area contributed by atoms with Gasteiger partial charge in [0.2, 0.25) is 15.9 Å². The topological polar surface area (TPSA) is 107 Å². The number of primary sulfonamides is 1. The van der Waals surface area contributed by atoms with Crippen molar-refractivity contribution in [3.8, 4) is 0 Å². The fourth-order valence-corrected chi connectivity index (χ4v) is 2.85. The molecular weight excluding hydrogens is 284 g/mol. The van der Waals surface area contributed by atoms with Crippen molar-refractivity contribution in [1.82, 2.24) is 4.90 Å². The second-order valence-electron chi connectivity index (χ2n) is 5.92. The zero-order chi connectivity index (χ0) is 15.7. The summed E-state index contributed by atoms with van der Waals surface area (Å²) in [6.07, 6.45) is 0.177. The quantitative estimate of drug-likeness (QED) is 0.735. The highest BCUT2D eigenvalue weighted by atomic mass is 32.2. The van der Waals surface area contributed by atoms with Crippen LogP contribution in [-0.4, -0.2) is 48.6 Å². The highest BCUT2D eigenvalue weighted by molar-refractivity contribution is 7.89. The maximum absolute atomic E-state index is 12.1. The van der Waals surface area contributed by atoms with Gasteiger partial charge in [-0.3, -0.25) is 4.79 Å². The first-order valence-corrected chi connectivity index (χ1v) is 8.10. The largest absolute Gasteiger partial charge is 0.458 e. The van der Waals surface area contributed by atoms with E-state index in [1.807, 2.05) is 0 Å². The van der Waals surface area contributed by atoms with E-state index in [1.165, 1.54) is 4.90 Å². The van der Waals surface area contributed by atoms with Crippen LogP contribution in [0.4, 0.5) is 0 Å². The number of hydrogen-bond acceptors (Lipinski definition) is 5. The first kappa shape index (κ1) is 16.9. The molecule has 7 nitrogen and oxygen atoms in total. The van der Waals surface area contributed by atoms with Crippen LogP contribution in [0.25, 0.3) is 0 Å². The number of amides is 1. The van der Waals surface area contributed by atoms with Gasteiger partial charge in [-0.1, -0.05) is 6.92 Å². The van der Waals surface area contributed by atoms with E-state index >= 15 is 0 Å². The fraction of sp³-hybridized carbons (Fsp3) is 0.833. The van der Waals surface area contributed by atoms with E-state index < -0.39 is 32.9 Å². The standard InChI is InChI=1S/C12H22N2O5S/c1-5-9(11(16)19-12(2,3)4)14-7-8(6-10(14)15)20(13,17)18/h8-9H,5-7H2,1-4H3,(H2,13,17,18)/t8?,9-/m1/s1. The summed E-state index contributed by atoms with van der Waals surface area (Å²) in [6, 6.07) is -0.770. The van der Waals surface area contributed by atoms with Crippen molar-refractivity contribution in [3.63, 3.8) is 0 Å². The SMILES string of the molecule is CC[C@H](C(=O)OC(C)(C)C)N1CC(S(N)(=O)=O)CC1=O. The molecule has 0 radical (unpaired) electrons. The molecule has 0 spiro atoms. The van der Waals surface area contributed by atoms with Gasteiger partial charge in [0.25, 0.3) is 0 Å². The summed E-state index contributed by atoms with van der Waals surface area (Å²) in [5.41, 5.74) is -0.660. The number of carbonyl (C=O) groups is 2. The van der Waals surface area contributed by atoms with E-state index in [9.17, 15) is 18.0 Å². The average molecular weight is 306 g/mol. The summed E-state index contributed by atoms with van der Waals surface area (Å²) in [4.78, 5) is 25.2. The lowest BCUT2D eigenvalue weighted by Gasteiger charge is -2.29. The molecule has 0 saturated carbocycles. The lowest BCUT2D eigenvalue weighted by Crippen LogP contribution is -2.45. The third kappa shape index (κ3) is 4.17. The highest BCUT2D eigenvalue weighted by Crippen LogP contribution is 2.22. The molecule has 8 heteroatoms. The van der Waals surface area contributed by atoms with Crippen molar-refractivity contribution in [3.05, 3.63) is 0 Å². The molecule has 116 valence electrons. The predicted octanol–water partition coefficient (Wildman–Crippen LogP) is -0.00390. The molecule has 1 amide bonds. The molecule has 0 aromatic carbocycles. The van der Waals surface area contributed by atoms with Gasteiger partial charge >= 0.3 is 5.97 Å². The zero-order valence-electron chi connectivity index (χ0n) is 12.3. The Balaban J connectivity index is 2.86. The second-order valence-corrected chi connectivity index (χ2v) is 7.76. The van der Waals surface area contributed by atoms with Gasteiger partial charge in [0.05, 0.1) is 0 Å². The van der Waals surface area contributed by atoms with E-state index in [-0.39, 0.29) is 18.9 Å². The number of likely N-dealkylation sites (tertiary alicyclic amines) is 1. The van der Waals surface area contributed by atoms with Crippen molar-refractivity contribution in [1.29, 1.82) is 0 Å². The van der Waals surface area contributed by atoms with Gasteiger partial charge in [-0.25, -0.2) is 18.4 Å². The van der Waals surface area contributed by atoms with Crippen LogP contribution >= 0.6 is 0 Å². The monoisotopic (exact) mass is 306 g/mol. The van der Waals surface area contributed by atoms with Gasteiger partial charge in [0.1, 0.15) is 16.9 Å². The lowest BCUT2D eigenvalue weighted by molar-refractivity contribution is -0.163. The Morgan fingerprint density at radius 3 is 2.40 bits per heavy atom. The van der Waals surface area contributed by atoms with Crippen LogP contribution in [0.15, 0.2) is 0 Å². The van der Waals surface area contributed by atoms with Gasteiger partial charge in [0.15, 0.2) is 0 Å². The van der Waals surface area contributed by atoms with Crippen molar-refractivity contribution in [2.45, 2.75) is 57.4 Å². The van der Waals surface area contributed by atoms with Gasteiger partial charge in [-0.2, -0.15) is 0 Å². The first-order chi connectivity index (χ1) is 8.95. The number of esters is 1. The minimum Gasteiger partial charge on any atom is -0.458 e. The molecule has 20 heavy (non-hydrogen) atoms. The normalized spacial score (nSPS) is 21.9. The maximum Gasteiger partial charge on any atom is 0.329 e. The van der Waals surface area contributed by atoms with Crippen LogP contribution in [0.5, 0.6) is 0 Å². The molecule has 2 atom stereocenters. The summed E-state index contributed by atoms with van der Waals surface area (Å²) in [5, 5.41) is 4.11. The van der Waals surface area contributed by atoms with Gasteiger partial charge < -0.3 is 9.64 Å². The lowest BCUT2D eigenvalue weighted by atomic mass is 10.1. The Kier molecular flexibility index (Phi) is 4.81. The van der Waals surface area contributed by atoms with Gasteiger partial charge in [-0.15, -0.1) is 0 Å². The molecule has 0 aromatic rings. The summed E-state index contributed by atoms with van der Waals surface area (Å²) in [5.74, 6) is -0.912. The molecule has 1 aliphatic heterocycles. The number of ether oxygens (including phenoxy) is 1. The molecule has 1 fully saturated rings. The third-order valence-corrected chi connectivity index (χ3v) is 4.27. The van der Waals surface area contributed by atoms with E-state index in [2.05, 4.69) is 0 Å². The number of nitrogens with two attached hydrogens (primary N) is 1. The van der Waals surface area contributed by atoms with Crippen LogP contribution in [0.1, 0.15) is 40.5 Å². The van der Waals surface area contributed by atoms with E-state index in [1.54, 1.807) is 27.7 Å². The van der Waals surface area contributed by atoms with E-state index in [0.29, 0.717) is 6.42 Å². The second kappa shape index (κ2) is 5.69. The summed E-state index contributed by atoms with van der Waals surface area (Å²) < 4.78 is 27.9. The molecule has 1 heterocycles. The molecular formula is C12H22N2O5S. The number of rotatable bonds is 4. The Labute approximate surface area is 119 Å². The number of hydrogen-bond donors (Lipinski definition) is 1. The number of nitrogens with zero attached hydrogens (tertiary/aromatic N) is 1. The van der Waals surface area contributed by atoms with Crippen molar-refractivity contribution in [2.24, 2.45) is 5.14 Å². The summed E-state index contributed by atoms with van der Waals surface area (Å²) >= 11 is 0. The molecule has 0 aliphatic carbocycles. The molecule has 2 N–H and O–H groups in total. The maximum atomic E-state index is 12.1. The summed E-state index contributed by atoms with van der Waals surface area (Å²) in [6.45, 7) is 6.88. The Morgan fingerprint density at radius 1 is 1.50 bits per heavy atom. The first-order valence-electron chi connectivity index (χ1n) is 6.49. The van der Waals surface area contributed by atoms with E-state index in [4.69, 9.17) is 9.88 Å². The summed E-state index contributed by atoms with van der Waals surface area (Å²) in [7, 11) is -3.79. The minimum atomic E-state index is -3.79. The predicted molar refractivity (Wildman–Crippen MR) is 73.1 cm³/mol. The molecule has 1 aliphatic rings. The zero-order valence-corrected chi connectivity index (χ0v) is 13.1. The van der Waals surface area contributed by atoms with Gasteiger partial charge in [-0.05, 0) is 27.2 Å². The van der Waals surface area contributed by atoms with Crippen LogP contribution in [0, 0.1) is 0 Å². The molecule has 1 saturated heterocycles. The molecule has 0 bridgehead atoms. The van der Waals surface area contributed by atoms with Crippen LogP contribution in [0.2, 0.25) is 0 Å². The van der Waals surface area contributed by atoms with Gasteiger partial charge in [0, 0.05) is 13.0 Å². The van der Waals surface area contributed by atoms with Crippen LogP contribution in [-0.2, 0) is 24.3 Å².